The number of benzene rings is 1. The highest BCUT2D eigenvalue weighted by Crippen LogP contribution is 2.33. The summed E-state index contributed by atoms with van der Waals surface area (Å²) in [4.78, 5) is 24.6. The van der Waals surface area contributed by atoms with Crippen LogP contribution in [-0.2, 0) is 16.1 Å². The Hall–Kier alpha value is -3.48. The third-order valence-corrected chi connectivity index (χ3v) is 4.28. The van der Waals surface area contributed by atoms with Gasteiger partial charge in [-0.05, 0) is 42.3 Å². The Morgan fingerprint density at radius 1 is 1.15 bits per heavy atom. The number of hydrogen-bond acceptors (Lipinski definition) is 6. The van der Waals surface area contributed by atoms with Crippen LogP contribution in [0.2, 0.25) is 0 Å². The fraction of sp³-hybridized carbons (Fsp3) is 0.158. The maximum atomic E-state index is 12.0. The van der Waals surface area contributed by atoms with Gasteiger partial charge in [-0.15, -0.1) is 0 Å². The lowest BCUT2D eigenvalue weighted by Gasteiger charge is -2.07. The molecule has 7 nitrogen and oxygen atoms in total. The summed E-state index contributed by atoms with van der Waals surface area (Å²) in [5, 5.41) is 1.64. The van der Waals surface area contributed by atoms with E-state index in [1.54, 1.807) is 19.3 Å². The molecular weight excluding hydrogens is 330 g/mol. The molecule has 2 N–H and O–H groups in total. The summed E-state index contributed by atoms with van der Waals surface area (Å²) in [6, 6.07) is 9.89. The van der Waals surface area contributed by atoms with E-state index < -0.39 is 0 Å². The van der Waals surface area contributed by atoms with Crippen molar-refractivity contribution in [2.45, 2.75) is 13.5 Å². The number of anilines is 1. The number of nitrogens with zero attached hydrogens (tertiary/aromatic N) is 4. The monoisotopic (exact) mass is 347 g/mol. The van der Waals surface area contributed by atoms with Crippen LogP contribution in [0.1, 0.15) is 6.92 Å². The fourth-order valence-corrected chi connectivity index (χ4v) is 3.16. The molecule has 0 aliphatic rings. The van der Waals surface area contributed by atoms with Crippen LogP contribution >= 0.6 is 0 Å². The van der Waals surface area contributed by atoms with Crippen molar-refractivity contribution in [3.8, 4) is 11.1 Å². The lowest BCUT2D eigenvalue weighted by atomic mass is 10.0. The molecule has 3 heterocycles. The molecule has 130 valence electrons. The maximum Gasteiger partial charge on any atom is 0.326 e. The van der Waals surface area contributed by atoms with Crippen LogP contribution in [-0.4, -0.2) is 32.1 Å². The molecule has 0 aliphatic heterocycles. The van der Waals surface area contributed by atoms with E-state index in [2.05, 4.69) is 15.0 Å². The molecular formula is C19H17N5O2. The van der Waals surface area contributed by atoms with Crippen LogP contribution in [0.15, 0.2) is 49.1 Å². The molecule has 0 bridgehead atoms. The van der Waals surface area contributed by atoms with Gasteiger partial charge in [0.1, 0.15) is 24.3 Å². The van der Waals surface area contributed by atoms with Crippen molar-refractivity contribution in [2.75, 3.05) is 12.3 Å². The molecule has 0 spiro atoms. The SMILES string of the molecule is CCOC(=O)Cn1c2ccc(-c3ccncc3)cc2c2c(N)ncnc21. The Balaban J connectivity index is 1.96. The summed E-state index contributed by atoms with van der Waals surface area (Å²) in [6.07, 6.45) is 4.91. The van der Waals surface area contributed by atoms with Crippen molar-refractivity contribution >= 4 is 33.7 Å². The minimum atomic E-state index is -0.318. The summed E-state index contributed by atoms with van der Waals surface area (Å²) in [5.41, 5.74) is 9.67. The first-order chi connectivity index (χ1) is 12.7. The first kappa shape index (κ1) is 16.0. The van der Waals surface area contributed by atoms with Gasteiger partial charge in [0, 0.05) is 17.8 Å². The van der Waals surface area contributed by atoms with Crippen molar-refractivity contribution in [1.82, 2.24) is 19.5 Å². The molecule has 0 amide bonds. The van der Waals surface area contributed by atoms with Gasteiger partial charge in [0.05, 0.1) is 17.5 Å². The molecule has 0 radical (unpaired) electrons. The van der Waals surface area contributed by atoms with Gasteiger partial charge >= 0.3 is 5.97 Å². The molecule has 4 rings (SSSR count). The molecule has 3 aromatic heterocycles. The van der Waals surface area contributed by atoms with Gasteiger partial charge in [-0.1, -0.05) is 6.07 Å². The smallest absolute Gasteiger partial charge is 0.326 e. The van der Waals surface area contributed by atoms with Gasteiger partial charge < -0.3 is 15.0 Å². The van der Waals surface area contributed by atoms with E-state index in [4.69, 9.17) is 10.5 Å². The van der Waals surface area contributed by atoms with Gasteiger partial charge in [0.15, 0.2) is 0 Å². The summed E-state index contributed by atoms with van der Waals surface area (Å²) in [7, 11) is 0. The molecule has 1 aromatic carbocycles. The molecule has 4 aromatic rings. The van der Waals surface area contributed by atoms with Crippen molar-refractivity contribution in [3.05, 3.63) is 49.1 Å². The molecule has 0 atom stereocenters. The van der Waals surface area contributed by atoms with Crippen LogP contribution in [0.25, 0.3) is 33.1 Å². The Kier molecular flexibility index (Phi) is 3.96. The second kappa shape index (κ2) is 6.44. The number of esters is 1. The standard InChI is InChI=1S/C19H17N5O2/c1-2-26-16(25)10-24-15-4-3-13(12-5-7-21-8-6-12)9-14(15)17-18(20)22-11-23-19(17)24/h3-9,11H,2,10H2,1H3,(H2,20,22,23). The number of fused-ring (bicyclic) bond motifs is 3. The van der Waals surface area contributed by atoms with Crippen LogP contribution < -0.4 is 5.73 Å². The molecule has 7 heteroatoms. The van der Waals surface area contributed by atoms with E-state index in [1.807, 2.05) is 34.9 Å². The van der Waals surface area contributed by atoms with E-state index in [9.17, 15) is 4.79 Å². The Morgan fingerprint density at radius 2 is 1.96 bits per heavy atom. The number of carbonyl (C=O) groups is 1. The minimum absolute atomic E-state index is 0.0684. The average Bonchev–Trinajstić information content (AvgIpc) is 2.97. The molecule has 0 unspecified atom stereocenters. The van der Waals surface area contributed by atoms with Gasteiger partial charge in [0.2, 0.25) is 0 Å². The second-order valence-electron chi connectivity index (χ2n) is 5.82. The van der Waals surface area contributed by atoms with Crippen molar-refractivity contribution in [3.63, 3.8) is 0 Å². The van der Waals surface area contributed by atoms with Crippen LogP contribution in [0.5, 0.6) is 0 Å². The van der Waals surface area contributed by atoms with E-state index in [0.29, 0.717) is 18.1 Å². The van der Waals surface area contributed by atoms with Gasteiger partial charge in [-0.3, -0.25) is 9.78 Å². The average molecular weight is 347 g/mol. The predicted molar refractivity (Wildman–Crippen MR) is 99.3 cm³/mol. The Bertz CT molecular complexity index is 1110. The van der Waals surface area contributed by atoms with Gasteiger partial charge in [0.25, 0.3) is 0 Å². The number of ether oxygens (including phenoxy) is 1. The number of nitrogen functional groups attached to an aromatic ring is 1. The van der Waals surface area contributed by atoms with E-state index in [-0.39, 0.29) is 12.5 Å². The van der Waals surface area contributed by atoms with Gasteiger partial charge in [-0.2, -0.15) is 0 Å². The quantitative estimate of drug-likeness (QED) is 0.570. The van der Waals surface area contributed by atoms with E-state index >= 15 is 0 Å². The van der Waals surface area contributed by atoms with Crippen LogP contribution in [0.3, 0.4) is 0 Å². The second-order valence-corrected chi connectivity index (χ2v) is 5.82. The van der Waals surface area contributed by atoms with Crippen molar-refractivity contribution in [1.29, 1.82) is 0 Å². The number of pyridine rings is 1. The fourth-order valence-electron chi connectivity index (χ4n) is 3.16. The molecule has 26 heavy (non-hydrogen) atoms. The van der Waals surface area contributed by atoms with Crippen molar-refractivity contribution < 1.29 is 9.53 Å². The number of carbonyl (C=O) groups excluding carboxylic acids is 1. The zero-order valence-corrected chi connectivity index (χ0v) is 14.2. The summed E-state index contributed by atoms with van der Waals surface area (Å²) in [6.45, 7) is 2.18. The minimum Gasteiger partial charge on any atom is -0.465 e. The summed E-state index contributed by atoms with van der Waals surface area (Å²) < 4.78 is 6.91. The van der Waals surface area contributed by atoms with Crippen LogP contribution in [0.4, 0.5) is 5.82 Å². The first-order valence-corrected chi connectivity index (χ1v) is 8.27. The van der Waals surface area contributed by atoms with E-state index in [1.165, 1.54) is 6.33 Å². The topological polar surface area (TPSA) is 95.9 Å². The third kappa shape index (κ3) is 2.63. The molecule has 0 aliphatic carbocycles. The molecule has 0 saturated carbocycles. The van der Waals surface area contributed by atoms with Crippen LogP contribution in [0, 0.1) is 0 Å². The first-order valence-electron chi connectivity index (χ1n) is 8.27. The molecule has 0 saturated heterocycles. The number of rotatable bonds is 4. The Morgan fingerprint density at radius 3 is 2.73 bits per heavy atom. The summed E-state index contributed by atoms with van der Waals surface area (Å²) in [5.74, 6) is 0.0659. The normalized spacial score (nSPS) is 11.1. The lowest BCUT2D eigenvalue weighted by molar-refractivity contribution is -0.143. The lowest BCUT2D eigenvalue weighted by Crippen LogP contribution is -2.13. The number of hydrogen-bond donors (Lipinski definition) is 1. The highest BCUT2D eigenvalue weighted by molar-refractivity contribution is 6.12. The number of nitrogens with two attached hydrogens (primary N) is 1. The zero-order chi connectivity index (χ0) is 18.1. The predicted octanol–water partition coefficient (Wildman–Crippen LogP) is 2.79. The largest absolute Gasteiger partial charge is 0.465 e. The van der Waals surface area contributed by atoms with E-state index in [0.717, 1.165) is 27.4 Å². The summed E-state index contributed by atoms with van der Waals surface area (Å²) >= 11 is 0. The van der Waals surface area contributed by atoms with Gasteiger partial charge in [-0.25, -0.2) is 9.97 Å². The molecule has 0 fully saturated rings. The Labute approximate surface area is 149 Å². The zero-order valence-electron chi connectivity index (χ0n) is 14.2. The highest BCUT2D eigenvalue weighted by atomic mass is 16.5. The maximum absolute atomic E-state index is 12.0. The van der Waals surface area contributed by atoms with Crippen molar-refractivity contribution in [2.24, 2.45) is 0 Å². The number of aromatic nitrogens is 4. The third-order valence-electron chi connectivity index (χ3n) is 4.28. The highest BCUT2D eigenvalue weighted by Gasteiger charge is 2.18.